The lowest BCUT2D eigenvalue weighted by Crippen LogP contribution is -1.82. The van der Waals surface area contributed by atoms with Gasteiger partial charge in [0, 0.05) is 38.8 Å². The number of hydrogen-bond donors (Lipinski definition) is 1. The second-order valence-corrected chi connectivity index (χ2v) is 6.80. The molecule has 0 aliphatic carbocycles. The average molecular weight is 360 g/mol. The van der Waals surface area contributed by atoms with E-state index < -0.39 is 0 Å². The topological polar surface area (TPSA) is 20.7 Å². The minimum absolute atomic E-state index is 1.21. The summed E-state index contributed by atoms with van der Waals surface area (Å²) >= 11 is 0. The van der Waals surface area contributed by atoms with Crippen LogP contribution in [0.3, 0.4) is 0 Å². The SMILES string of the molecule is C=Cn1c2ccccc2c2ccccc21.c1ccc2c(c1)[nH]c1ccccc12. The average Bonchev–Trinajstić information content (AvgIpc) is 3.30. The van der Waals surface area contributed by atoms with E-state index in [2.05, 4.69) is 113 Å². The molecule has 6 rings (SSSR count). The molecule has 2 heterocycles. The van der Waals surface area contributed by atoms with Crippen LogP contribution in [-0.2, 0) is 0 Å². The summed E-state index contributed by atoms with van der Waals surface area (Å²) in [6.07, 6.45) is 1.87. The number of benzene rings is 4. The monoisotopic (exact) mass is 360 g/mol. The Labute approximate surface area is 163 Å². The van der Waals surface area contributed by atoms with Crippen molar-refractivity contribution < 1.29 is 0 Å². The number of hydrogen-bond acceptors (Lipinski definition) is 0. The maximum absolute atomic E-state index is 3.87. The predicted molar refractivity (Wildman–Crippen MR) is 122 cm³/mol. The Bertz CT molecular complexity index is 1330. The van der Waals surface area contributed by atoms with Gasteiger partial charge in [0.25, 0.3) is 0 Å². The first kappa shape index (κ1) is 16.4. The summed E-state index contributed by atoms with van der Waals surface area (Å²) in [5.74, 6) is 0. The molecule has 28 heavy (non-hydrogen) atoms. The van der Waals surface area contributed by atoms with Crippen LogP contribution >= 0.6 is 0 Å². The summed E-state index contributed by atoms with van der Waals surface area (Å²) in [5.41, 5.74) is 4.86. The zero-order valence-corrected chi connectivity index (χ0v) is 15.5. The molecule has 0 aliphatic rings. The molecule has 0 aliphatic heterocycles. The van der Waals surface area contributed by atoms with Crippen LogP contribution in [0.4, 0.5) is 0 Å². The third kappa shape index (κ3) is 2.58. The molecule has 6 aromatic rings. The van der Waals surface area contributed by atoms with Crippen LogP contribution in [0.25, 0.3) is 49.8 Å². The van der Waals surface area contributed by atoms with Gasteiger partial charge >= 0.3 is 0 Å². The Morgan fingerprint density at radius 1 is 0.536 bits per heavy atom. The van der Waals surface area contributed by atoms with Gasteiger partial charge in [0.1, 0.15) is 0 Å². The van der Waals surface area contributed by atoms with Gasteiger partial charge in [-0.1, -0.05) is 79.4 Å². The molecule has 0 amide bonds. The number of nitrogens with one attached hydrogen (secondary N) is 1. The smallest absolute Gasteiger partial charge is 0.0534 e. The number of fused-ring (bicyclic) bond motifs is 6. The molecule has 2 aromatic heterocycles. The van der Waals surface area contributed by atoms with Crippen LogP contribution in [0.5, 0.6) is 0 Å². The molecule has 0 fully saturated rings. The lowest BCUT2D eigenvalue weighted by molar-refractivity contribution is 1.30. The fourth-order valence-corrected chi connectivity index (χ4v) is 3.95. The van der Waals surface area contributed by atoms with Crippen molar-refractivity contribution in [3.8, 4) is 0 Å². The highest BCUT2D eigenvalue weighted by atomic mass is 14.9. The fourth-order valence-electron chi connectivity index (χ4n) is 3.95. The third-order valence-corrected chi connectivity index (χ3v) is 5.21. The van der Waals surface area contributed by atoms with Gasteiger partial charge in [0.15, 0.2) is 0 Å². The van der Waals surface area contributed by atoms with Gasteiger partial charge in [0.05, 0.1) is 11.0 Å². The first-order valence-electron chi connectivity index (χ1n) is 9.42. The van der Waals surface area contributed by atoms with Crippen molar-refractivity contribution in [3.05, 3.63) is 104 Å². The van der Waals surface area contributed by atoms with Gasteiger partial charge in [-0.2, -0.15) is 0 Å². The van der Waals surface area contributed by atoms with Crippen LogP contribution in [0.15, 0.2) is 104 Å². The first-order chi connectivity index (χ1) is 13.9. The van der Waals surface area contributed by atoms with Gasteiger partial charge in [-0.05, 0) is 24.3 Å². The Kier molecular flexibility index (Phi) is 3.95. The van der Waals surface area contributed by atoms with E-state index >= 15 is 0 Å². The molecule has 0 spiro atoms. The van der Waals surface area contributed by atoms with Crippen molar-refractivity contribution in [2.75, 3.05) is 0 Å². The lowest BCUT2D eigenvalue weighted by Gasteiger charge is -1.97. The van der Waals surface area contributed by atoms with E-state index in [0.717, 1.165) is 0 Å². The van der Waals surface area contributed by atoms with E-state index in [1.165, 1.54) is 43.6 Å². The number of nitrogens with zero attached hydrogens (tertiary/aromatic N) is 1. The fraction of sp³-hybridized carbons (Fsp3) is 0. The second-order valence-electron chi connectivity index (χ2n) is 6.80. The molecule has 0 saturated heterocycles. The van der Waals surface area contributed by atoms with Crippen molar-refractivity contribution in [2.24, 2.45) is 0 Å². The first-order valence-corrected chi connectivity index (χ1v) is 9.42. The van der Waals surface area contributed by atoms with Gasteiger partial charge in [-0.15, -0.1) is 0 Å². The molecule has 4 aromatic carbocycles. The number of para-hydroxylation sites is 4. The van der Waals surface area contributed by atoms with Crippen molar-refractivity contribution in [1.29, 1.82) is 0 Å². The summed E-state index contributed by atoms with van der Waals surface area (Å²) in [7, 11) is 0. The summed E-state index contributed by atoms with van der Waals surface area (Å²) in [6.45, 7) is 3.87. The molecule has 0 unspecified atom stereocenters. The zero-order valence-electron chi connectivity index (χ0n) is 15.5. The highest BCUT2D eigenvalue weighted by Gasteiger charge is 2.06. The molecule has 0 saturated carbocycles. The summed E-state index contributed by atoms with van der Waals surface area (Å²) < 4.78 is 2.13. The normalized spacial score (nSPS) is 11.0. The Morgan fingerprint density at radius 2 is 0.929 bits per heavy atom. The van der Waals surface area contributed by atoms with Gasteiger partial charge in [-0.3, -0.25) is 0 Å². The van der Waals surface area contributed by atoms with Crippen LogP contribution < -0.4 is 0 Å². The predicted octanol–water partition coefficient (Wildman–Crippen LogP) is 7.22. The van der Waals surface area contributed by atoms with Crippen LogP contribution in [0.2, 0.25) is 0 Å². The highest BCUT2D eigenvalue weighted by Crippen LogP contribution is 2.28. The largest absolute Gasteiger partial charge is 0.355 e. The maximum Gasteiger partial charge on any atom is 0.0534 e. The second kappa shape index (κ2) is 6.75. The van der Waals surface area contributed by atoms with Crippen molar-refractivity contribution >= 4 is 49.8 Å². The number of H-pyrrole nitrogens is 1. The van der Waals surface area contributed by atoms with Crippen molar-refractivity contribution in [2.45, 2.75) is 0 Å². The van der Waals surface area contributed by atoms with Crippen molar-refractivity contribution in [3.63, 3.8) is 0 Å². The standard InChI is InChI=1S/C14H11N.C12H9N/c1-2-15-13-9-5-3-7-11(13)12-8-4-6-10-14(12)15;1-3-7-11-9(5-1)10-6-2-4-8-12(10)13-11/h2-10H,1H2;1-8,13H. The van der Waals surface area contributed by atoms with Crippen molar-refractivity contribution in [1.82, 2.24) is 9.55 Å². The van der Waals surface area contributed by atoms with E-state index in [1.807, 2.05) is 6.20 Å². The molecular formula is C26H20N2. The molecule has 2 nitrogen and oxygen atoms in total. The number of rotatable bonds is 1. The maximum atomic E-state index is 3.87. The van der Waals surface area contributed by atoms with Gasteiger partial charge < -0.3 is 9.55 Å². The quantitative estimate of drug-likeness (QED) is 0.320. The van der Waals surface area contributed by atoms with E-state index in [0.29, 0.717) is 0 Å². The van der Waals surface area contributed by atoms with E-state index in [4.69, 9.17) is 0 Å². The molecule has 2 heteroatoms. The minimum Gasteiger partial charge on any atom is -0.355 e. The molecule has 0 atom stereocenters. The number of aromatic nitrogens is 2. The summed E-state index contributed by atoms with van der Waals surface area (Å²) in [5, 5.41) is 5.18. The minimum atomic E-state index is 1.21. The number of aromatic amines is 1. The van der Waals surface area contributed by atoms with Crippen LogP contribution in [-0.4, -0.2) is 9.55 Å². The lowest BCUT2D eigenvalue weighted by atomic mass is 10.2. The van der Waals surface area contributed by atoms with E-state index in [9.17, 15) is 0 Å². The van der Waals surface area contributed by atoms with E-state index in [-0.39, 0.29) is 0 Å². The molecule has 1 N–H and O–H groups in total. The molecular weight excluding hydrogens is 340 g/mol. The summed E-state index contributed by atoms with van der Waals surface area (Å²) in [6, 6.07) is 33.6. The van der Waals surface area contributed by atoms with Gasteiger partial charge in [-0.25, -0.2) is 0 Å². The van der Waals surface area contributed by atoms with E-state index in [1.54, 1.807) is 0 Å². The Balaban J connectivity index is 0.000000123. The van der Waals surface area contributed by atoms with Crippen LogP contribution in [0, 0.1) is 0 Å². The zero-order chi connectivity index (χ0) is 18.9. The molecule has 0 radical (unpaired) electrons. The van der Waals surface area contributed by atoms with Gasteiger partial charge in [0.2, 0.25) is 0 Å². The molecule has 0 bridgehead atoms. The summed E-state index contributed by atoms with van der Waals surface area (Å²) in [4.78, 5) is 3.38. The highest BCUT2D eigenvalue weighted by molar-refractivity contribution is 6.09. The Morgan fingerprint density at radius 3 is 1.39 bits per heavy atom. The van der Waals surface area contributed by atoms with Crippen LogP contribution in [0.1, 0.15) is 0 Å². The Hall–Kier alpha value is -3.78. The molecule has 134 valence electrons. The third-order valence-electron chi connectivity index (χ3n) is 5.21.